The van der Waals surface area contributed by atoms with Crippen LogP contribution in [0.25, 0.3) is 0 Å². The van der Waals surface area contributed by atoms with Crippen molar-refractivity contribution in [3.8, 4) is 0 Å². The van der Waals surface area contributed by atoms with Crippen molar-refractivity contribution in [2.75, 3.05) is 0 Å². The van der Waals surface area contributed by atoms with Gasteiger partial charge < -0.3 is 10.4 Å². The molecule has 2 heterocycles. The highest BCUT2D eigenvalue weighted by atomic mass is 32.1. The second-order valence-electron chi connectivity index (χ2n) is 4.01. The van der Waals surface area contributed by atoms with Crippen LogP contribution in [0.2, 0.25) is 0 Å². The van der Waals surface area contributed by atoms with E-state index in [4.69, 9.17) is 5.11 Å². The second-order valence-corrected chi connectivity index (χ2v) is 4.99. The lowest BCUT2D eigenvalue weighted by Gasteiger charge is -2.15. The summed E-state index contributed by atoms with van der Waals surface area (Å²) in [5.74, 6) is -2.32. The van der Waals surface area contributed by atoms with Gasteiger partial charge in [-0.2, -0.15) is 4.39 Å². The molecule has 0 aliphatic heterocycles. The number of amides is 1. The van der Waals surface area contributed by atoms with E-state index in [0.717, 1.165) is 10.9 Å². The molecular formula is C13H11FN2O3S. The van der Waals surface area contributed by atoms with Crippen molar-refractivity contribution in [2.24, 2.45) is 0 Å². The van der Waals surface area contributed by atoms with Crippen molar-refractivity contribution in [1.82, 2.24) is 10.3 Å². The zero-order valence-electron chi connectivity index (χ0n) is 10.2. The molecule has 2 aromatic heterocycles. The van der Waals surface area contributed by atoms with Crippen LogP contribution in [0.15, 0.2) is 35.8 Å². The largest absolute Gasteiger partial charge is 0.481 e. The van der Waals surface area contributed by atoms with Gasteiger partial charge in [0.25, 0.3) is 5.91 Å². The lowest BCUT2D eigenvalue weighted by Crippen LogP contribution is -2.29. The van der Waals surface area contributed by atoms with Gasteiger partial charge in [-0.3, -0.25) is 9.59 Å². The van der Waals surface area contributed by atoms with Crippen molar-refractivity contribution in [2.45, 2.75) is 12.5 Å². The van der Waals surface area contributed by atoms with Gasteiger partial charge in [0, 0.05) is 22.7 Å². The highest BCUT2D eigenvalue weighted by molar-refractivity contribution is 7.10. The van der Waals surface area contributed by atoms with E-state index in [1.54, 1.807) is 17.5 Å². The van der Waals surface area contributed by atoms with Gasteiger partial charge in [-0.1, -0.05) is 6.07 Å². The maximum Gasteiger partial charge on any atom is 0.305 e. The number of halogens is 1. The van der Waals surface area contributed by atoms with Gasteiger partial charge >= 0.3 is 5.97 Å². The first-order valence-corrected chi connectivity index (χ1v) is 6.62. The molecule has 1 atom stereocenters. The normalized spacial score (nSPS) is 11.8. The van der Waals surface area contributed by atoms with Gasteiger partial charge in [-0.05, 0) is 17.5 Å². The molecule has 2 rings (SSSR count). The summed E-state index contributed by atoms with van der Waals surface area (Å²) in [6.45, 7) is 0. The minimum Gasteiger partial charge on any atom is -0.481 e. The number of hydrogen-bond donors (Lipinski definition) is 2. The van der Waals surface area contributed by atoms with E-state index in [1.165, 1.54) is 23.6 Å². The average Bonchev–Trinajstić information content (AvgIpc) is 2.91. The number of rotatable bonds is 5. The molecule has 0 saturated heterocycles. The molecule has 5 nitrogen and oxygen atoms in total. The summed E-state index contributed by atoms with van der Waals surface area (Å²) >= 11 is 1.35. The Morgan fingerprint density at radius 2 is 2.25 bits per heavy atom. The molecule has 0 aromatic carbocycles. The molecule has 7 heteroatoms. The number of carbonyl (C=O) groups is 2. The topological polar surface area (TPSA) is 79.3 Å². The maximum absolute atomic E-state index is 13.0. The lowest BCUT2D eigenvalue weighted by molar-refractivity contribution is -0.137. The predicted octanol–water partition coefficient (Wildman–Crippen LogP) is 2.23. The standard InChI is InChI=1S/C13H11FN2O3S/c14-11-6-8(3-4-15-11)13(19)16-9(7-12(17)18)10-2-1-5-20-10/h1-6,9H,7H2,(H,16,19)(H,17,18). The minimum absolute atomic E-state index is 0.101. The molecule has 2 aromatic rings. The number of carboxylic acids is 1. The Kier molecular flexibility index (Phi) is 4.41. The number of aliphatic carboxylic acids is 1. The molecule has 1 amide bonds. The predicted molar refractivity (Wildman–Crippen MR) is 71.0 cm³/mol. The summed E-state index contributed by atoms with van der Waals surface area (Å²) in [5, 5.41) is 13.3. The summed E-state index contributed by atoms with van der Waals surface area (Å²) < 4.78 is 13.0. The summed E-state index contributed by atoms with van der Waals surface area (Å²) in [4.78, 5) is 26.9. The number of carbonyl (C=O) groups excluding carboxylic acids is 1. The number of hydrogen-bond acceptors (Lipinski definition) is 4. The van der Waals surface area contributed by atoms with Gasteiger partial charge in [0.05, 0.1) is 12.5 Å². The van der Waals surface area contributed by atoms with Crippen molar-refractivity contribution < 1.29 is 19.1 Å². The third kappa shape index (κ3) is 3.61. The Morgan fingerprint density at radius 1 is 1.45 bits per heavy atom. The van der Waals surface area contributed by atoms with E-state index >= 15 is 0 Å². The molecule has 0 spiro atoms. The fraction of sp³-hybridized carbons (Fsp3) is 0.154. The lowest BCUT2D eigenvalue weighted by atomic mass is 10.1. The molecule has 2 N–H and O–H groups in total. The van der Waals surface area contributed by atoms with Crippen LogP contribution in [0.1, 0.15) is 27.7 Å². The third-order valence-corrected chi connectivity index (χ3v) is 3.55. The molecule has 0 aliphatic rings. The van der Waals surface area contributed by atoms with E-state index in [0.29, 0.717) is 0 Å². The zero-order valence-corrected chi connectivity index (χ0v) is 11.1. The van der Waals surface area contributed by atoms with E-state index in [1.807, 2.05) is 0 Å². The van der Waals surface area contributed by atoms with Gasteiger partial charge in [-0.25, -0.2) is 4.98 Å². The van der Waals surface area contributed by atoms with Gasteiger partial charge in [0.15, 0.2) is 0 Å². The Bertz CT molecular complexity index is 616. The SMILES string of the molecule is O=C(O)CC(NC(=O)c1ccnc(F)c1)c1cccs1. The fourth-order valence-electron chi connectivity index (χ4n) is 1.67. The van der Waals surface area contributed by atoms with Crippen LogP contribution in [0.4, 0.5) is 4.39 Å². The monoisotopic (exact) mass is 294 g/mol. The van der Waals surface area contributed by atoms with Crippen molar-refractivity contribution in [3.63, 3.8) is 0 Å². The molecule has 104 valence electrons. The van der Waals surface area contributed by atoms with Crippen LogP contribution in [0, 0.1) is 5.95 Å². The first-order valence-electron chi connectivity index (χ1n) is 5.74. The van der Waals surface area contributed by atoms with Crippen LogP contribution >= 0.6 is 11.3 Å². The number of aromatic nitrogens is 1. The van der Waals surface area contributed by atoms with E-state index < -0.39 is 23.9 Å². The number of nitrogens with zero attached hydrogens (tertiary/aromatic N) is 1. The van der Waals surface area contributed by atoms with Crippen LogP contribution in [0.3, 0.4) is 0 Å². The minimum atomic E-state index is -1.02. The summed E-state index contributed by atoms with van der Waals surface area (Å²) in [5.41, 5.74) is 0.101. The van der Waals surface area contributed by atoms with E-state index in [-0.39, 0.29) is 12.0 Å². The molecule has 0 bridgehead atoms. The smallest absolute Gasteiger partial charge is 0.305 e. The maximum atomic E-state index is 13.0. The van der Waals surface area contributed by atoms with Crippen LogP contribution in [-0.4, -0.2) is 22.0 Å². The first kappa shape index (κ1) is 14.1. The number of carboxylic acid groups (broad SMARTS) is 1. The summed E-state index contributed by atoms with van der Waals surface area (Å²) in [7, 11) is 0. The molecule has 20 heavy (non-hydrogen) atoms. The van der Waals surface area contributed by atoms with Gasteiger partial charge in [-0.15, -0.1) is 11.3 Å². The van der Waals surface area contributed by atoms with Gasteiger partial charge in [0.1, 0.15) is 0 Å². The highest BCUT2D eigenvalue weighted by Gasteiger charge is 2.20. The summed E-state index contributed by atoms with van der Waals surface area (Å²) in [6, 6.07) is 5.24. The molecule has 0 saturated carbocycles. The average molecular weight is 294 g/mol. The summed E-state index contributed by atoms with van der Waals surface area (Å²) in [6.07, 6.45) is 0.946. The molecule has 0 radical (unpaired) electrons. The van der Waals surface area contributed by atoms with E-state index in [2.05, 4.69) is 10.3 Å². The fourth-order valence-corrected chi connectivity index (χ4v) is 2.45. The quantitative estimate of drug-likeness (QED) is 0.829. The number of thiophene rings is 1. The molecule has 1 unspecified atom stereocenters. The molecular weight excluding hydrogens is 283 g/mol. The van der Waals surface area contributed by atoms with Crippen molar-refractivity contribution in [1.29, 1.82) is 0 Å². The second kappa shape index (κ2) is 6.25. The van der Waals surface area contributed by atoms with Crippen LogP contribution in [-0.2, 0) is 4.79 Å². The van der Waals surface area contributed by atoms with Gasteiger partial charge in [0.2, 0.25) is 5.95 Å². The molecule has 0 aliphatic carbocycles. The Morgan fingerprint density at radius 3 is 2.85 bits per heavy atom. The van der Waals surface area contributed by atoms with Crippen LogP contribution in [0.5, 0.6) is 0 Å². The Balaban J connectivity index is 2.15. The highest BCUT2D eigenvalue weighted by Crippen LogP contribution is 2.22. The Hall–Kier alpha value is -2.28. The number of pyridine rings is 1. The van der Waals surface area contributed by atoms with Crippen molar-refractivity contribution in [3.05, 3.63) is 52.2 Å². The van der Waals surface area contributed by atoms with E-state index in [9.17, 15) is 14.0 Å². The number of nitrogens with one attached hydrogen (secondary N) is 1. The Labute approximate surface area is 118 Å². The van der Waals surface area contributed by atoms with Crippen LogP contribution < -0.4 is 5.32 Å². The third-order valence-electron chi connectivity index (χ3n) is 2.56. The van der Waals surface area contributed by atoms with Crippen molar-refractivity contribution >= 4 is 23.2 Å². The first-order chi connectivity index (χ1) is 9.56. The zero-order chi connectivity index (χ0) is 14.5. The molecule has 0 fully saturated rings.